The van der Waals surface area contributed by atoms with Crippen molar-refractivity contribution in [2.24, 2.45) is 0 Å². The fourth-order valence-corrected chi connectivity index (χ4v) is 2.56. The van der Waals surface area contributed by atoms with Crippen molar-refractivity contribution in [2.45, 2.75) is 26.3 Å². The molecule has 78 valence electrons. The van der Waals surface area contributed by atoms with Crippen LogP contribution in [0.15, 0.2) is 12.1 Å². The molecule has 0 aliphatic rings. The molecule has 0 saturated carbocycles. The lowest BCUT2D eigenvalue weighted by Gasteiger charge is -2.20. The summed E-state index contributed by atoms with van der Waals surface area (Å²) >= 11 is 0. The summed E-state index contributed by atoms with van der Waals surface area (Å²) in [5.74, 6) is 0. The minimum absolute atomic E-state index is 0.755. The van der Waals surface area contributed by atoms with Crippen molar-refractivity contribution < 1.29 is 0 Å². The maximum Gasteiger partial charge on any atom is 0.0393 e. The number of anilines is 1. The number of hydrogen-bond donors (Lipinski definition) is 0. The second-order valence-corrected chi connectivity index (χ2v) is 6.21. The van der Waals surface area contributed by atoms with Crippen LogP contribution in [0.4, 0.5) is 5.69 Å². The van der Waals surface area contributed by atoms with Crippen LogP contribution in [-0.2, 0) is 0 Å². The SMILES string of the molecule is Cc1c(C(C)[SiH3])ccc(N(C)C)c1C. The number of hydrogen-bond acceptors (Lipinski definition) is 1. The van der Waals surface area contributed by atoms with Gasteiger partial charge < -0.3 is 4.90 Å². The third kappa shape index (κ3) is 2.00. The normalized spacial score (nSPS) is 12.9. The third-order valence-corrected chi connectivity index (χ3v) is 3.53. The van der Waals surface area contributed by atoms with Gasteiger partial charge in [0, 0.05) is 30.0 Å². The number of nitrogens with zero attached hydrogens (tertiary/aromatic N) is 1. The molecule has 1 aromatic rings. The summed E-state index contributed by atoms with van der Waals surface area (Å²) < 4.78 is 0. The van der Waals surface area contributed by atoms with Gasteiger partial charge in [-0.3, -0.25) is 0 Å². The Morgan fingerprint density at radius 1 is 1.14 bits per heavy atom. The van der Waals surface area contributed by atoms with E-state index in [0.717, 1.165) is 5.54 Å². The fourth-order valence-electron chi connectivity index (χ4n) is 1.94. The average molecular weight is 207 g/mol. The first-order chi connectivity index (χ1) is 6.45. The molecule has 0 heterocycles. The standard InChI is InChI=1S/C12H21NSi/c1-8-9(2)12(13(4)5)7-6-11(8)10(3)14/h6-7,10H,1-5,14H3. The maximum absolute atomic E-state index is 2.31. The summed E-state index contributed by atoms with van der Waals surface area (Å²) in [7, 11) is 5.44. The predicted octanol–water partition coefficient (Wildman–Crippen LogP) is 1.80. The van der Waals surface area contributed by atoms with Crippen LogP contribution in [0.25, 0.3) is 0 Å². The summed E-state index contributed by atoms with van der Waals surface area (Å²) in [6, 6.07) is 4.53. The molecule has 1 rings (SSSR count). The Kier molecular flexibility index (Phi) is 3.37. The lowest BCUT2D eigenvalue weighted by atomic mass is 9.99. The highest BCUT2D eigenvalue weighted by Crippen LogP contribution is 2.27. The Bertz CT molecular complexity index is 296. The van der Waals surface area contributed by atoms with Crippen LogP contribution in [0, 0.1) is 13.8 Å². The molecule has 1 nitrogen and oxygen atoms in total. The van der Waals surface area contributed by atoms with Gasteiger partial charge in [-0.2, -0.15) is 0 Å². The van der Waals surface area contributed by atoms with Gasteiger partial charge in [-0.05, 0) is 42.1 Å². The van der Waals surface area contributed by atoms with Gasteiger partial charge in [-0.1, -0.05) is 13.0 Å². The van der Waals surface area contributed by atoms with Crippen LogP contribution in [0.5, 0.6) is 0 Å². The first-order valence-electron chi connectivity index (χ1n) is 5.22. The van der Waals surface area contributed by atoms with E-state index in [4.69, 9.17) is 0 Å². The van der Waals surface area contributed by atoms with E-state index in [2.05, 4.69) is 51.9 Å². The molecule has 1 aromatic carbocycles. The first-order valence-corrected chi connectivity index (χ1v) is 6.38. The molecule has 0 bridgehead atoms. The Morgan fingerprint density at radius 3 is 2.14 bits per heavy atom. The van der Waals surface area contributed by atoms with Crippen molar-refractivity contribution in [3.63, 3.8) is 0 Å². The van der Waals surface area contributed by atoms with Crippen LogP contribution in [-0.4, -0.2) is 24.3 Å². The topological polar surface area (TPSA) is 3.24 Å². The lowest BCUT2D eigenvalue weighted by Crippen LogP contribution is -2.12. The number of rotatable bonds is 2. The van der Waals surface area contributed by atoms with Gasteiger partial charge in [0.15, 0.2) is 0 Å². The van der Waals surface area contributed by atoms with Gasteiger partial charge >= 0.3 is 0 Å². The Hall–Kier alpha value is -0.763. The largest absolute Gasteiger partial charge is 0.377 e. The molecule has 0 radical (unpaired) electrons. The minimum atomic E-state index is 0.755. The molecule has 0 fully saturated rings. The lowest BCUT2D eigenvalue weighted by molar-refractivity contribution is 1.03. The molecular weight excluding hydrogens is 186 g/mol. The molecule has 0 aliphatic carbocycles. The van der Waals surface area contributed by atoms with Crippen molar-refractivity contribution in [1.82, 2.24) is 0 Å². The molecular formula is C12H21NSi. The highest BCUT2D eigenvalue weighted by molar-refractivity contribution is 6.12. The van der Waals surface area contributed by atoms with E-state index >= 15 is 0 Å². The van der Waals surface area contributed by atoms with Crippen LogP contribution < -0.4 is 4.90 Å². The molecule has 1 unspecified atom stereocenters. The summed E-state index contributed by atoms with van der Waals surface area (Å²) in [4.78, 5) is 2.18. The molecule has 2 heteroatoms. The van der Waals surface area contributed by atoms with Crippen molar-refractivity contribution in [3.05, 3.63) is 28.8 Å². The van der Waals surface area contributed by atoms with Gasteiger partial charge in [0.05, 0.1) is 0 Å². The summed E-state index contributed by atoms with van der Waals surface area (Å²) in [5.41, 5.74) is 6.52. The predicted molar refractivity (Wildman–Crippen MR) is 68.6 cm³/mol. The molecule has 14 heavy (non-hydrogen) atoms. The van der Waals surface area contributed by atoms with Crippen LogP contribution in [0.1, 0.15) is 29.2 Å². The van der Waals surface area contributed by atoms with E-state index in [1.807, 2.05) is 0 Å². The van der Waals surface area contributed by atoms with E-state index in [9.17, 15) is 0 Å². The monoisotopic (exact) mass is 207 g/mol. The van der Waals surface area contributed by atoms with Crippen LogP contribution >= 0.6 is 0 Å². The van der Waals surface area contributed by atoms with E-state index in [1.165, 1.54) is 32.6 Å². The first kappa shape index (κ1) is 11.3. The molecule has 0 spiro atoms. The highest BCUT2D eigenvalue weighted by atomic mass is 28.1. The van der Waals surface area contributed by atoms with Crippen LogP contribution in [0.3, 0.4) is 0 Å². The van der Waals surface area contributed by atoms with Gasteiger partial charge in [-0.15, -0.1) is 0 Å². The second-order valence-electron chi connectivity index (χ2n) is 4.47. The molecule has 0 N–H and O–H groups in total. The van der Waals surface area contributed by atoms with Gasteiger partial charge in [0.1, 0.15) is 0 Å². The van der Waals surface area contributed by atoms with Crippen molar-refractivity contribution in [3.8, 4) is 0 Å². The van der Waals surface area contributed by atoms with Gasteiger partial charge in [-0.25, -0.2) is 0 Å². The highest BCUT2D eigenvalue weighted by Gasteiger charge is 2.09. The Balaban J connectivity index is 3.26. The smallest absolute Gasteiger partial charge is 0.0393 e. The van der Waals surface area contributed by atoms with E-state index in [0.29, 0.717) is 0 Å². The zero-order chi connectivity index (χ0) is 10.9. The summed E-state index contributed by atoms with van der Waals surface area (Å²) in [6.45, 7) is 6.77. The maximum atomic E-state index is 2.31. The zero-order valence-corrected chi connectivity index (χ0v) is 12.2. The van der Waals surface area contributed by atoms with Crippen molar-refractivity contribution in [1.29, 1.82) is 0 Å². The second kappa shape index (κ2) is 4.18. The fraction of sp³-hybridized carbons (Fsp3) is 0.500. The number of benzene rings is 1. The van der Waals surface area contributed by atoms with Gasteiger partial charge in [0.2, 0.25) is 0 Å². The third-order valence-electron chi connectivity index (χ3n) is 2.90. The molecule has 0 aliphatic heterocycles. The molecule has 0 aromatic heterocycles. The summed E-state index contributed by atoms with van der Waals surface area (Å²) in [5, 5.41) is 0. The molecule has 1 atom stereocenters. The summed E-state index contributed by atoms with van der Waals surface area (Å²) in [6.07, 6.45) is 0. The van der Waals surface area contributed by atoms with Crippen LogP contribution in [0.2, 0.25) is 0 Å². The Morgan fingerprint density at radius 2 is 1.71 bits per heavy atom. The Labute approximate surface area is 90.6 Å². The molecule has 0 saturated heterocycles. The van der Waals surface area contributed by atoms with Gasteiger partial charge in [0.25, 0.3) is 0 Å². The van der Waals surface area contributed by atoms with E-state index in [-0.39, 0.29) is 0 Å². The van der Waals surface area contributed by atoms with Crippen molar-refractivity contribution >= 4 is 15.9 Å². The van der Waals surface area contributed by atoms with E-state index < -0.39 is 0 Å². The zero-order valence-electron chi connectivity index (χ0n) is 10.2. The minimum Gasteiger partial charge on any atom is -0.377 e. The van der Waals surface area contributed by atoms with E-state index in [1.54, 1.807) is 0 Å². The van der Waals surface area contributed by atoms with Crippen molar-refractivity contribution in [2.75, 3.05) is 19.0 Å². The average Bonchev–Trinajstić information content (AvgIpc) is 2.08. The quantitative estimate of drug-likeness (QED) is 0.669. The molecule has 0 amide bonds.